The Balaban J connectivity index is 3.32. The van der Waals surface area contributed by atoms with E-state index in [0.29, 0.717) is 6.04 Å². The molecule has 13 heavy (non-hydrogen) atoms. The largest absolute Gasteiger partial charge is 0.383 e. The molecule has 0 aromatic carbocycles. The lowest BCUT2D eigenvalue weighted by molar-refractivity contribution is 0.114. The van der Waals surface area contributed by atoms with Crippen LogP contribution >= 0.6 is 11.6 Å². The van der Waals surface area contributed by atoms with Crippen molar-refractivity contribution in [1.82, 2.24) is 4.90 Å². The standard InChI is InChI=1S/C10H22ClNO/c1-10(9-13-3)12(2)8-6-4-5-7-11/h10H,4-9H2,1-3H3. The van der Waals surface area contributed by atoms with Crippen LogP contribution in [0, 0.1) is 0 Å². The van der Waals surface area contributed by atoms with Gasteiger partial charge in [0.25, 0.3) is 0 Å². The third-order valence-electron chi connectivity index (χ3n) is 2.30. The number of hydrogen-bond donors (Lipinski definition) is 0. The molecule has 0 N–H and O–H groups in total. The van der Waals surface area contributed by atoms with E-state index in [1.165, 1.54) is 12.8 Å². The number of ether oxygens (including phenoxy) is 1. The van der Waals surface area contributed by atoms with Crippen molar-refractivity contribution in [3.8, 4) is 0 Å². The monoisotopic (exact) mass is 207 g/mol. The zero-order chi connectivity index (χ0) is 10.1. The van der Waals surface area contributed by atoms with Crippen molar-refractivity contribution in [3.05, 3.63) is 0 Å². The van der Waals surface area contributed by atoms with Gasteiger partial charge in [0.15, 0.2) is 0 Å². The van der Waals surface area contributed by atoms with E-state index in [9.17, 15) is 0 Å². The molecule has 0 amide bonds. The average molecular weight is 208 g/mol. The van der Waals surface area contributed by atoms with E-state index >= 15 is 0 Å². The summed E-state index contributed by atoms with van der Waals surface area (Å²) in [6, 6.07) is 0.515. The first-order valence-electron chi connectivity index (χ1n) is 4.97. The maximum atomic E-state index is 5.60. The molecule has 0 aromatic rings. The summed E-state index contributed by atoms with van der Waals surface area (Å²) in [6.45, 7) is 4.14. The number of rotatable bonds is 8. The summed E-state index contributed by atoms with van der Waals surface area (Å²) in [4.78, 5) is 2.33. The van der Waals surface area contributed by atoms with Crippen LogP contribution in [-0.2, 0) is 4.74 Å². The van der Waals surface area contributed by atoms with Gasteiger partial charge in [0.2, 0.25) is 0 Å². The Labute approximate surface area is 87.2 Å². The number of likely N-dealkylation sites (N-methyl/N-ethyl adjacent to an activating group) is 1. The highest BCUT2D eigenvalue weighted by Crippen LogP contribution is 2.02. The van der Waals surface area contributed by atoms with E-state index in [4.69, 9.17) is 16.3 Å². The fourth-order valence-corrected chi connectivity index (χ4v) is 1.41. The lowest BCUT2D eigenvalue weighted by Gasteiger charge is -2.23. The molecule has 0 rings (SSSR count). The minimum absolute atomic E-state index is 0.515. The highest BCUT2D eigenvalue weighted by Gasteiger charge is 2.07. The van der Waals surface area contributed by atoms with E-state index in [2.05, 4.69) is 18.9 Å². The number of methoxy groups -OCH3 is 1. The molecular formula is C10H22ClNO. The zero-order valence-corrected chi connectivity index (χ0v) is 9.81. The molecule has 0 saturated heterocycles. The van der Waals surface area contributed by atoms with Gasteiger partial charge in [-0.15, -0.1) is 11.6 Å². The molecule has 2 nitrogen and oxygen atoms in total. The van der Waals surface area contributed by atoms with Crippen LogP contribution in [0.3, 0.4) is 0 Å². The Morgan fingerprint density at radius 2 is 2.00 bits per heavy atom. The molecule has 0 bridgehead atoms. The molecule has 0 aliphatic carbocycles. The van der Waals surface area contributed by atoms with Gasteiger partial charge in [-0.3, -0.25) is 0 Å². The highest BCUT2D eigenvalue weighted by molar-refractivity contribution is 6.17. The third kappa shape index (κ3) is 7.29. The maximum Gasteiger partial charge on any atom is 0.0615 e. The Kier molecular flexibility index (Phi) is 8.93. The maximum absolute atomic E-state index is 5.60. The molecule has 0 aliphatic heterocycles. The first kappa shape index (κ1) is 13.2. The SMILES string of the molecule is COCC(C)N(C)CCCCCCl. The van der Waals surface area contributed by atoms with Gasteiger partial charge < -0.3 is 9.64 Å². The van der Waals surface area contributed by atoms with Gasteiger partial charge in [-0.05, 0) is 33.4 Å². The molecule has 0 heterocycles. The van der Waals surface area contributed by atoms with Crippen LogP contribution in [0.5, 0.6) is 0 Å². The topological polar surface area (TPSA) is 12.5 Å². The van der Waals surface area contributed by atoms with Crippen LogP contribution in [0.4, 0.5) is 0 Å². The van der Waals surface area contributed by atoms with Gasteiger partial charge in [-0.2, -0.15) is 0 Å². The molecule has 0 fully saturated rings. The molecule has 1 unspecified atom stereocenters. The predicted molar refractivity (Wildman–Crippen MR) is 58.5 cm³/mol. The van der Waals surface area contributed by atoms with Crippen molar-refractivity contribution in [2.45, 2.75) is 32.2 Å². The summed E-state index contributed by atoms with van der Waals surface area (Å²) in [6.07, 6.45) is 3.60. The van der Waals surface area contributed by atoms with Crippen molar-refractivity contribution >= 4 is 11.6 Å². The van der Waals surface area contributed by atoms with Crippen LogP contribution in [0.25, 0.3) is 0 Å². The Morgan fingerprint density at radius 3 is 2.54 bits per heavy atom. The van der Waals surface area contributed by atoms with Gasteiger partial charge in [-0.25, -0.2) is 0 Å². The second kappa shape index (κ2) is 8.79. The quantitative estimate of drug-likeness (QED) is 0.448. The number of unbranched alkanes of at least 4 members (excludes halogenated alkanes) is 2. The fourth-order valence-electron chi connectivity index (χ4n) is 1.22. The molecule has 0 spiro atoms. The van der Waals surface area contributed by atoms with Crippen LogP contribution < -0.4 is 0 Å². The Bertz CT molecular complexity index is 111. The van der Waals surface area contributed by atoms with Crippen molar-refractivity contribution in [2.24, 2.45) is 0 Å². The summed E-state index contributed by atoms with van der Waals surface area (Å²) in [7, 11) is 3.89. The van der Waals surface area contributed by atoms with E-state index in [1.807, 2.05) is 0 Å². The summed E-state index contributed by atoms with van der Waals surface area (Å²) in [5.74, 6) is 0.789. The zero-order valence-electron chi connectivity index (χ0n) is 9.05. The number of halogens is 1. The van der Waals surface area contributed by atoms with Crippen molar-refractivity contribution in [2.75, 3.05) is 33.2 Å². The predicted octanol–water partition coefficient (Wildman–Crippen LogP) is 2.36. The average Bonchev–Trinajstić information content (AvgIpc) is 2.12. The second-order valence-corrected chi connectivity index (χ2v) is 3.91. The van der Waals surface area contributed by atoms with E-state index in [1.54, 1.807) is 7.11 Å². The highest BCUT2D eigenvalue weighted by atomic mass is 35.5. The number of hydrogen-bond acceptors (Lipinski definition) is 2. The molecule has 0 aliphatic rings. The van der Waals surface area contributed by atoms with Crippen LogP contribution in [-0.4, -0.2) is 44.1 Å². The Hall–Kier alpha value is 0.210. The normalized spacial score (nSPS) is 13.6. The van der Waals surface area contributed by atoms with E-state index in [0.717, 1.165) is 25.5 Å². The molecular weight excluding hydrogens is 186 g/mol. The third-order valence-corrected chi connectivity index (χ3v) is 2.57. The van der Waals surface area contributed by atoms with Crippen molar-refractivity contribution in [3.63, 3.8) is 0 Å². The fraction of sp³-hybridized carbons (Fsp3) is 1.00. The lowest BCUT2D eigenvalue weighted by atomic mass is 10.2. The second-order valence-electron chi connectivity index (χ2n) is 3.53. The van der Waals surface area contributed by atoms with E-state index < -0.39 is 0 Å². The summed E-state index contributed by atoms with van der Waals surface area (Å²) in [5.41, 5.74) is 0. The summed E-state index contributed by atoms with van der Waals surface area (Å²) in [5, 5.41) is 0. The molecule has 3 heteroatoms. The minimum atomic E-state index is 0.515. The van der Waals surface area contributed by atoms with Gasteiger partial charge in [0.1, 0.15) is 0 Å². The van der Waals surface area contributed by atoms with E-state index in [-0.39, 0.29) is 0 Å². The van der Waals surface area contributed by atoms with Crippen LogP contribution in [0.2, 0.25) is 0 Å². The number of nitrogens with zero attached hydrogens (tertiary/aromatic N) is 1. The Morgan fingerprint density at radius 1 is 1.31 bits per heavy atom. The lowest BCUT2D eigenvalue weighted by Crippen LogP contribution is -2.33. The van der Waals surface area contributed by atoms with Gasteiger partial charge in [0.05, 0.1) is 6.61 Å². The first-order chi connectivity index (χ1) is 6.22. The molecule has 1 atom stereocenters. The number of alkyl halides is 1. The van der Waals surface area contributed by atoms with Crippen LogP contribution in [0.15, 0.2) is 0 Å². The summed E-state index contributed by atoms with van der Waals surface area (Å²) >= 11 is 5.60. The van der Waals surface area contributed by atoms with Crippen LogP contribution in [0.1, 0.15) is 26.2 Å². The van der Waals surface area contributed by atoms with Gasteiger partial charge in [-0.1, -0.05) is 6.42 Å². The first-order valence-corrected chi connectivity index (χ1v) is 5.51. The van der Waals surface area contributed by atoms with Gasteiger partial charge >= 0.3 is 0 Å². The summed E-state index contributed by atoms with van der Waals surface area (Å²) < 4.78 is 5.09. The molecule has 0 saturated carbocycles. The smallest absolute Gasteiger partial charge is 0.0615 e. The molecule has 80 valence electrons. The molecule has 0 aromatic heterocycles. The van der Waals surface area contributed by atoms with Gasteiger partial charge in [0, 0.05) is 19.0 Å². The van der Waals surface area contributed by atoms with Crippen molar-refractivity contribution < 1.29 is 4.74 Å². The van der Waals surface area contributed by atoms with Crippen molar-refractivity contribution in [1.29, 1.82) is 0 Å². The minimum Gasteiger partial charge on any atom is -0.383 e. The molecule has 0 radical (unpaired) electrons.